The first kappa shape index (κ1) is 23.2. The number of nitrogens with zero attached hydrogens (tertiary/aromatic N) is 1. The van der Waals surface area contributed by atoms with E-state index in [1.807, 2.05) is 20.8 Å². The van der Waals surface area contributed by atoms with Crippen molar-refractivity contribution in [3.63, 3.8) is 0 Å². The lowest BCUT2D eigenvalue weighted by Gasteiger charge is -2.31. The Balaban J connectivity index is 2.75. The SMILES string of the molecule is CC(OC(C)(C)C)C(NSOc1ccc([N+](=O)[O-])cc1)C(=O)OC(C)(C)C. The number of benzene rings is 1. The van der Waals surface area contributed by atoms with E-state index in [1.165, 1.54) is 24.3 Å². The summed E-state index contributed by atoms with van der Waals surface area (Å²) in [7, 11) is 0. The highest BCUT2D eigenvalue weighted by atomic mass is 32.2. The maximum Gasteiger partial charge on any atom is 0.327 e. The molecule has 0 aliphatic rings. The molecular formula is C18H28N2O6S. The van der Waals surface area contributed by atoms with Crippen LogP contribution in [0.3, 0.4) is 0 Å². The van der Waals surface area contributed by atoms with Crippen molar-refractivity contribution < 1.29 is 23.4 Å². The first-order valence-corrected chi connectivity index (χ1v) is 9.27. The molecule has 2 atom stereocenters. The predicted molar refractivity (Wildman–Crippen MR) is 104 cm³/mol. The van der Waals surface area contributed by atoms with Gasteiger partial charge in [-0.2, -0.15) is 0 Å². The molecule has 9 heteroatoms. The number of esters is 1. The van der Waals surface area contributed by atoms with E-state index in [0.717, 1.165) is 12.2 Å². The van der Waals surface area contributed by atoms with Crippen molar-refractivity contribution in [1.29, 1.82) is 0 Å². The number of ether oxygens (including phenoxy) is 2. The number of nitro groups is 1. The summed E-state index contributed by atoms with van der Waals surface area (Å²) in [4.78, 5) is 22.7. The Hall–Kier alpha value is -1.84. The van der Waals surface area contributed by atoms with Crippen LogP contribution < -0.4 is 8.91 Å². The number of carbonyl (C=O) groups is 1. The Labute approximate surface area is 164 Å². The van der Waals surface area contributed by atoms with Crippen molar-refractivity contribution in [2.45, 2.75) is 71.8 Å². The van der Waals surface area contributed by atoms with E-state index < -0.39 is 34.2 Å². The molecule has 1 aromatic carbocycles. The summed E-state index contributed by atoms with van der Waals surface area (Å²) >= 11 is 0.837. The zero-order valence-electron chi connectivity index (χ0n) is 16.8. The van der Waals surface area contributed by atoms with Crippen LogP contribution >= 0.6 is 12.2 Å². The third-order valence-corrected chi connectivity index (χ3v) is 3.66. The number of non-ortho nitro benzene ring substituents is 1. The minimum absolute atomic E-state index is 0.0286. The first-order chi connectivity index (χ1) is 12.3. The van der Waals surface area contributed by atoms with Gasteiger partial charge in [-0.3, -0.25) is 14.9 Å². The van der Waals surface area contributed by atoms with Crippen molar-refractivity contribution in [3.05, 3.63) is 34.4 Å². The van der Waals surface area contributed by atoms with Crippen molar-refractivity contribution in [2.75, 3.05) is 0 Å². The Morgan fingerprint density at radius 2 is 1.67 bits per heavy atom. The molecule has 0 spiro atoms. The Morgan fingerprint density at radius 1 is 1.11 bits per heavy atom. The highest BCUT2D eigenvalue weighted by Gasteiger charge is 2.33. The summed E-state index contributed by atoms with van der Waals surface area (Å²) in [5.74, 6) is -0.0514. The normalized spacial score (nSPS) is 14.3. The van der Waals surface area contributed by atoms with Crippen LogP contribution in [0.1, 0.15) is 48.5 Å². The number of nitro benzene ring substituents is 1. The van der Waals surface area contributed by atoms with Gasteiger partial charge in [0.05, 0.1) is 16.6 Å². The molecule has 0 saturated carbocycles. The summed E-state index contributed by atoms with van der Waals surface area (Å²) in [5, 5.41) is 10.7. The lowest BCUT2D eigenvalue weighted by atomic mass is 10.1. The molecule has 0 heterocycles. The Kier molecular flexibility index (Phi) is 8.06. The van der Waals surface area contributed by atoms with E-state index in [2.05, 4.69) is 4.72 Å². The van der Waals surface area contributed by atoms with Crippen LogP contribution in [0.4, 0.5) is 5.69 Å². The van der Waals surface area contributed by atoms with Gasteiger partial charge >= 0.3 is 5.97 Å². The summed E-state index contributed by atoms with van der Waals surface area (Å²) in [6.45, 7) is 12.8. The number of hydrogen-bond donors (Lipinski definition) is 1. The average molecular weight is 400 g/mol. The second kappa shape index (κ2) is 9.38. The van der Waals surface area contributed by atoms with E-state index in [4.69, 9.17) is 13.7 Å². The lowest BCUT2D eigenvalue weighted by Crippen LogP contribution is -2.48. The minimum Gasteiger partial charge on any atom is -0.459 e. The fourth-order valence-electron chi connectivity index (χ4n) is 2.07. The number of hydrogen-bond acceptors (Lipinski definition) is 8. The van der Waals surface area contributed by atoms with E-state index in [1.54, 1.807) is 27.7 Å². The van der Waals surface area contributed by atoms with Gasteiger partial charge in [-0.25, -0.2) is 4.72 Å². The third kappa shape index (κ3) is 9.07. The van der Waals surface area contributed by atoms with Crippen molar-refractivity contribution in [2.24, 2.45) is 0 Å². The van der Waals surface area contributed by atoms with Crippen LogP contribution in [0.5, 0.6) is 5.75 Å². The van der Waals surface area contributed by atoms with E-state index in [-0.39, 0.29) is 5.69 Å². The molecule has 0 bridgehead atoms. The van der Waals surface area contributed by atoms with Crippen LogP contribution in [-0.4, -0.2) is 34.2 Å². The van der Waals surface area contributed by atoms with Crippen LogP contribution in [0, 0.1) is 10.1 Å². The molecule has 2 unspecified atom stereocenters. The molecule has 0 aliphatic carbocycles. The summed E-state index contributed by atoms with van der Waals surface area (Å²) < 4.78 is 19.7. The van der Waals surface area contributed by atoms with Gasteiger partial charge in [-0.15, -0.1) is 0 Å². The van der Waals surface area contributed by atoms with Crippen LogP contribution in [0.15, 0.2) is 24.3 Å². The van der Waals surface area contributed by atoms with Gasteiger partial charge in [0.2, 0.25) is 0 Å². The Bertz CT molecular complexity index is 637. The number of rotatable bonds is 8. The first-order valence-electron chi connectivity index (χ1n) is 8.53. The molecule has 0 saturated heterocycles. The minimum atomic E-state index is -0.772. The standard InChI is InChI=1S/C18H28N2O6S/c1-12(24-17(2,3)4)15(16(21)25-18(5,6)7)19-27-26-14-10-8-13(9-11-14)20(22)23/h8-12,15,19H,1-7H3. The molecular weight excluding hydrogens is 372 g/mol. The summed E-state index contributed by atoms with van der Waals surface area (Å²) in [6, 6.07) is 4.86. The van der Waals surface area contributed by atoms with Crippen LogP contribution in [0.2, 0.25) is 0 Å². The molecule has 27 heavy (non-hydrogen) atoms. The quantitative estimate of drug-likeness (QED) is 0.229. The highest BCUT2D eigenvalue weighted by molar-refractivity contribution is 7.93. The molecule has 1 aromatic rings. The second-order valence-corrected chi connectivity index (χ2v) is 8.55. The van der Waals surface area contributed by atoms with E-state index in [9.17, 15) is 14.9 Å². The molecule has 0 radical (unpaired) electrons. The Morgan fingerprint density at radius 3 is 2.11 bits per heavy atom. The maximum atomic E-state index is 12.5. The van der Waals surface area contributed by atoms with Gasteiger partial charge in [0.1, 0.15) is 29.6 Å². The summed E-state index contributed by atoms with van der Waals surface area (Å²) in [6.07, 6.45) is -0.479. The van der Waals surface area contributed by atoms with Gasteiger partial charge in [0.15, 0.2) is 0 Å². The van der Waals surface area contributed by atoms with E-state index >= 15 is 0 Å². The van der Waals surface area contributed by atoms with Gasteiger partial charge in [-0.05, 0) is 60.6 Å². The molecule has 1 rings (SSSR count). The molecule has 0 aromatic heterocycles. The average Bonchev–Trinajstić information content (AvgIpc) is 2.48. The fraction of sp³-hybridized carbons (Fsp3) is 0.611. The third-order valence-electron chi connectivity index (χ3n) is 3.03. The van der Waals surface area contributed by atoms with Gasteiger partial charge in [0.25, 0.3) is 5.69 Å². The topological polar surface area (TPSA) is 99.9 Å². The lowest BCUT2D eigenvalue weighted by molar-refractivity contribution is -0.384. The van der Waals surface area contributed by atoms with Crippen LogP contribution in [-0.2, 0) is 14.3 Å². The second-order valence-electron chi connectivity index (χ2n) is 7.98. The molecule has 1 N–H and O–H groups in total. The fourth-order valence-corrected chi connectivity index (χ4v) is 2.72. The predicted octanol–water partition coefficient (Wildman–Crippen LogP) is 4.04. The zero-order chi connectivity index (χ0) is 20.8. The van der Waals surface area contributed by atoms with Gasteiger partial charge in [0, 0.05) is 12.1 Å². The smallest absolute Gasteiger partial charge is 0.327 e. The molecule has 0 fully saturated rings. The largest absolute Gasteiger partial charge is 0.459 e. The van der Waals surface area contributed by atoms with Crippen molar-refractivity contribution in [1.82, 2.24) is 4.72 Å². The van der Waals surface area contributed by atoms with Crippen LogP contribution in [0.25, 0.3) is 0 Å². The molecule has 0 aliphatic heterocycles. The van der Waals surface area contributed by atoms with Gasteiger partial charge < -0.3 is 13.7 Å². The number of nitrogens with one attached hydrogen (secondary N) is 1. The number of carbonyl (C=O) groups excluding carboxylic acids is 1. The van der Waals surface area contributed by atoms with Crippen molar-refractivity contribution in [3.8, 4) is 5.75 Å². The van der Waals surface area contributed by atoms with E-state index in [0.29, 0.717) is 5.75 Å². The maximum absolute atomic E-state index is 12.5. The van der Waals surface area contributed by atoms with Gasteiger partial charge in [-0.1, -0.05) is 0 Å². The molecule has 152 valence electrons. The highest BCUT2D eigenvalue weighted by Crippen LogP contribution is 2.22. The zero-order valence-corrected chi connectivity index (χ0v) is 17.6. The summed E-state index contributed by atoms with van der Waals surface area (Å²) in [5.41, 5.74) is -1.10. The molecule has 0 amide bonds. The monoisotopic (exact) mass is 400 g/mol. The molecule has 8 nitrogen and oxygen atoms in total. The van der Waals surface area contributed by atoms with Crippen molar-refractivity contribution >= 4 is 23.9 Å².